The van der Waals surface area contributed by atoms with E-state index in [-0.39, 0.29) is 0 Å². The minimum Gasteiger partial charge on any atom is -0.385 e. The van der Waals surface area contributed by atoms with Gasteiger partial charge in [0.2, 0.25) is 6.39 Å². The summed E-state index contributed by atoms with van der Waals surface area (Å²) in [5.74, 6) is 0.324. The number of aliphatic hydroxyl groups is 1. The summed E-state index contributed by atoms with van der Waals surface area (Å²) < 4.78 is 4.35. The zero-order chi connectivity index (χ0) is 5.98. The van der Waals surface area contributed by atoms with E-state index in [2.05, 4.69) is 14.7 Å². The number of aliphatic hydroxyl groups excluding tert-OH is 1. The van der Waals surface area contributed by atoms with Crippen molar-refractivity contribution in [2.75, 3.05) is 0 Å². The second kappa shape index (κ2) is 1.92. The van der Waals surface area contributed by atoms with Crippen LogP contribution in [0.4, 0.5) is 0 Å². The molecule has 0 aromatic carbocycles. The molecule has 0 aliphatic carbocycles. The van der Waals surface area contributed by atoms with E-state index in [0.29, 0.717) is 5.82 Å². The largest absolute Gasteiger partial charge is 0.385 e. The van der Waals surface area contributed by atoms with Gasteiger partial charge in [-0.1, -0.05) is 5.16 Å². The lowest BCUT2D eigenvalue weighted by atomic mass is 10.4. The third-order valence-corrected chi connectivity index (χ3v) is 0.752. The SMILES string of the molecule is CC(O)c1ncon1. The molecular formula is C4H6N2O2. The monoisotopic (exact) mass is 114 g/mol. The number of aromatic nitrogens is 2. The van der Waals surface area contributed by atoms with Crippen LogP contribution in [0.5, 0.6) is 0 Å². The molecule has 0 aliphatic heterocycles. The predicted molar refractivity (Wildman–Crippen MR) is 24.9 cm³/mol. The van der Waals surface area contributed by atoms with E-state index in [1.54, 1.807) is 6.92 Å². The molecule has 4 heteroatoms. The maximum absolute atomic E-state index is 8.73. The fourth-order valence-corrected chi connectivity index (χ4v) is 0.363. The molecule has 0 fully saturated rings. The molecule has 0 amide bonds. The number of rotatable bonds is 1. The molecule has 0 saturated carbocycles. The van der Waals surface area contributed by atoms with Gasteiger partial charge in [0.25, 0.3) is 0 Å². The van der Waals surface area contributed by atoms with Gasteiger partial charge in [0, 0.05) is 0 Å². The molecule has 0 bridgehead atoms. The van der Waals surface area contributed by atoms with E-state index in [1.165, 1.54) is 6.39 Å². The zero-order valence-corrected chi connectivity index (χ0v) is 4.40. The van der Waals surface area contributed by atoms with Crippen molar-refractivity contribution in [3.05, 3.63) is 12.2 Å². The fourth-order valence-electron chi connectivity index (χ4n) is 0.363. The van der Waals surface area contributed by atoms with Gasteiger partial charge in [-0.05, 0) is 6.92 Å². The molecular weight excluding hydrogens is 108 g/mol. The lowest BCUT2D eigenvalue weighted by molar-refractivity contribution is 0.184. The van der Waals surface area contributed by atoms with Crippen LogP contribution in [-0.4, -0.2) is 15.2 Å². The standard InChI is InChI=1S/C4H6N2O2/c1-3(7)4-5-2-8-6-4/h2-3,7H,1H3. The third-order valence-electron chi connectivity index (χ3n) is 0.752. The summed E-state index contributed by atoms with van der Waals surface area (Å²) >= 11 is 0. The highest BCUT2D eigenvalue weighted by Gasteiger charge is 2.02. The summed E-state index contributed by atoms with van der Waals surface area (Å²) in [6.07, 6.45) is 0.552. The minimum absolute atomic E-state index is 0.324. The molecule has 1 N–H and O–H groups in total. The van der Waals surface area contributed by atoms with E-state index in [9.17, 15) is 0 Å². The van der Waals surface area contributed by atoms with Crippen LogP contribution in [0.3, 0.4) is 0 Å². The Hall–Kier alpha value is -0.900. The summed E-state index contributed by atoms with van der Waals surface area (Å²) in [6.45, 7) is 1.57. The van der Waals surface area contributed by atoms with E-state index in [1.807, 2.05) is 0 Å². The van der Waals surface area contributed by atoms with Gasteiger partial charge in [0.15, 0.2) is 5.82 Å². The Labute approximate surface area is 46.1 Å². The Morgan fingerprint density at radius 3 is 2.88 bits per heavy atom. The topological polar surface area (TPSA) is 59.2 Å². The second-order valence-corrected chi connectivity index (χ2v) is 1.47. The van der Waals surface area contributed by atoms with E-state index in [4.69, 9.17) is 5.11 Å². The van der Waals surface area contributed by atoms with Gasteiger partial charge in [0.05, 0.1) is 0 Å². The smallest absolute Gasteiger partial charge is 0.213 e. The van der Waals surface area contributed by atoms with Crippen LogP contribution in [-0.2, 0) is 0 Å². The van der Waals surface area contributed by atoms with Crippen molar-refractivity contribution in [3.8, 4) is 0 Å². The Balaban J connectivity index is 2.77. The first-order valence-electron chi connectivity index (χ1n) is 2.25. The fraction of sp³-hybridized carbons (Fsp3) is 0.500. The van der Waals surface area contributed by atoms with Crippen molar-refractivity contribution in [1.82, 2.24) is 10.1 Å². The summed E-state index contributed by atoms with van der Waals surface area (Å²) in [5.41, 5.74) is 0. The van der Waals surface area contributed by atoms with Gasteiger partial charge in [-0.3, -0.25) is 0 Å². The molecule has 44 valence electrons. The quantitative estimate of drug-likeness (QED) is 0.563. The molecule has 1 heterocycles. The highest BCUT2D eigenvalue weighted by molar-refractivity contribution is 4.80. The molecule has 1 aromatic rings. The van der Waals surface area contributed by atoms with E-state index >= 15 is 0 Å². The Bertz CT molecular complexity index is 147. The lowest BCUT2D eigenvalue weighted by Crippen LogP contribution is -1.91. The normalized spacial score (nSPS) is 13.8. The number of hydrogen-bond acceptors (Lipinski definition) is 4. The van der Waals surface area contributed by atoms with Gasteiger partial charge in [-0.15, -0.1) is 0 Å². The summed E-state index contributed by atoms with van der Waals surface area (Å²) in [6, 6.07) is 0. The van der Waals surface area contributed by atoms with Crippen LogP contribution in [0.1, 0.15) is 18.9 Å². The maximum Gasteiger partial charge on any atom is 0.213 e. The summed E-state index contributed by atoms with van der Waals surface area (Å²) in [7, 11) is 0. The highest BCUT2D eigenvalue weighted by Crippen LogP contribution is 2.01. The molecule has 1 atom stereocenters. The van der Waals surface area contributed by atoms with E-state index < -0.39 is 6.10 Å². The molecule has 8 heavy (non-hydrogen) atoms. The van der Waals surface area contributed by atoms with Crippen molar-refractivity contribution >= 4 is 0 Å². The van der Waals surface area contributed by atoms with Crippen molar-refractivity contribution in [1.29, 1.82) is 0 Å². The van der Waals surface area contributed by atoms with Gasteiger partial charge in [0.1, 0.15) is 6.10 Å². The molecule has 0 radical (unpaired) electrons. The van der Waals surface area contributed by atoms with Crippen molar-refractivity contribution in [2.24, 2.45) is 0 Å². The van der Waals surface area contributed by atoms with Gasteiger partial charge in [-0.2, -0.15) is 4.98 Å². The van der Waals surface area contributed by atoms with Crippen LogP contribution in [0, 0.1) is 0 Å². The molecule has 0 spiro atoms. The Kier molecular flexibility index (Phi) is 1.26. The van der Waals surface area contributed by atoms with Gasteiger partial charge in [-0.25, -0.2) is 0 Å². The second-order valence-electron chi connectivity index (χ2n) is 1.47. The number of nitrogens with zero attached hydrogens (tertiary/aromatic N) is 2. The molecule has 1 unspecified atom stereocenters. The molecule has 1 rings (SSSR count). The van der Waals surface area contributed by atoms with E-state index in [0.717, 1.165) is 0 Å². The van der Waals surface area contributed by atoms with Crippen molar-refractivity contribution in [2.45, 2.75) is 13.0 Å². The van der Waals surface area contributed by atoms with Crippen molar-refractivity contribution < 1.29 is 9.63 Å². The van der Waals surface area contributed by atoms with Crippen LogP contribution in [0.2, 0.25) is 0 Å². The Morgan fingerprint density at radius 2 is 2.62 bits per heavy atom. The molecule has 4 nitrogen and oxygen atoms in total. The Morgan fingerprint density at radius 1 is 1.88 bits per heavy atom. The first-order valence-corrected chi connectivity index (χ1v) is 2.25. The predicted octanol–water partition coefficient (Wildman–Crippen LogP) is 0.123. The van der Waals surface area contributed by atoms with Crippen LogP contribution in [0.25, 0.3) is 0 Å². The number of hydrogen-bond donors (Lipinski definition) is 1. The first-order chi connectivity index (χ1) is 3.80. The molecule has 0 aliphatic rings. The van der Waals surface area contributed by atoms with Crippen LogP contribution < -0.4 is 0 Å². The lowest BCUT2D eigenvalue weighted by Gasteiger charge is -1.90. The molecule has 0 saturated heterocycles. The average Bonchev–Trinajstić information content (AvgIpc) is 2.12. The summed E-state index contributed by atoms with van der Waals surface area (Å²) in [4.78, 5) is 3.59. The van der Waals surface area contributed by atoms with Crippen LogP contribution >= 0.6 is 0 Å². The highest BCUT2D eigenvalue weighted by atomic mass is 16.5. The maximum atomic E-state index is 8.73. The summed E-state index contributed by atoms with van der Waals surface area (Å²) in [5, 5.41) is 12.1. The van der Waals surface area contributed by atoms with Gasteiger partial charge < -0.3 is 9.63 Å². The third kappa shape index (κ3) is 0.840. The van der Waals surface area contributed by atoms with Crippen LogP contribution in [0.15, 0.2) is 10.9 Å². The average molecular weight is 114 g/mol. The zero-order valence-electron chi connectivity index (χ0n) is 4.40. The minimum atomic E-state index is -0.631. The molecule has 1 aromatic heterocycles. The first kappa shape index (κ1) is 5.24. The van der Waals surface area contributed by atoms with Gasteiger partial charge >= 0.3 is 0 Å². The van der Waals surface area contributed by atoms with Crippen molar-refractivity contribution in [3.63, 3.8) is 0 Å².